The van der Waals surface area contributed by atoms with E-state index >= 15 is 0 Å². The first-order valence-electron chi connectivity index (χ1n) is 5.21. The minimum Gasteiger partial charge on any atom is -0.395 e. The van der Waals surface area contributed by atoms with Crippen LogP contribution < -0.4 is 0 Å². The molecule has 0 fully saturated rings. The third-order valence-corrected chi connectivity index (χ3v) is 3.50. The molecule has 94 valence electrons. The number of benzene rings is 1. The number of ketones is 1. The van der Waals surface area contributed by atoms with Crippen LogP contribution in [0.15, 0.2) is 18.2 Å². The number of thioether (sulfide) groups is 1. The molecule has 2 nitrogen and oxygen atoms in total. The molecule has 0 amide bonds. The van der Waals surface area contributed by atoms with Crippen molar-refractivity contribution in [1.82, 2.24) is 0 Å². The number of Topliss-reactive ketones (excluding diaryl/α,β-unsaturated/α-hetero) is 1. The highest BCUT2D eigenvalue weighted by atomic mass is 32.2. The Kier molecular flexibility index (Phi) is 5.08. The maximum absolute atomic E-state index is 13.4. The van der Waals surface area contributed by atoms with Gasteiger partial charge in [-0.15, -0.1) is 11.8 Å². The van der Waals surface area contributed by atoms with Crippen LogP contribution in [0.1, 0.15) is 24.2 Å². The second-order valence-corrected chi connectivity index (χ2v) is 5.54. The molecule has 17 heavy (non-hydrogen) atoms. The predicted octanol–water partition coefficient (Wildman–Crippen LogP) is 2.65. The van der Waals surface area contributed by atoms with Crippen LogP contribution in [0.3, 0.4) is 0 Å². The monoisotopic (exact) mass is 260 g/mol. The summed E-state index contributed by atoms with van der Waals surface area (Å²) in [6.07, 6.45) is 0. The van der Waals surface area contributed by atoms with Crippen LogP contribution in [0.5, 0.6) is 0 Å². The van der Waals surface area contributed by atoms with E-state index in [0.717, 1.165) is 12.1 Å². The van der Waals surface area contributed by atoms with Crippen molar-refractivity contribution in [2.24, 2.45) is 0 Å². The molecule has 0 saturated carbocycles. The molecule has 0 aromatic heterocycles. The fraction of sp³-hybridized carbons (Fsp3) is 0.417. The maximum Gasteiger partial charge on any atom is 0.178 e. The van der Waals surface area contributed by atoms with Gasteiger partial charge in [0.25, 0.3) is 0 Å². The third kappa shape index (κ3) is 3.78. The van der Waals surface area contributed by atoms with Crippen molar-refractivity contribution in [2.45, 2.75) is 24.3 Å². The van der Waals surface area contributed by atoms with E-state index < -0.39 is 22.7 Å². The molecule has 0 aliphatic rings. The highest BCUT2D eigenvalue weighted by molar-refractivity contribution is 8.01. The van der Waals surface area contributed by atoms with Gasteiger partial charge in [0.05, 0.1) is 17.4 Å². The van der Waals surface area contributed by atoms with Gasteiger partial charge in [-0.05, 0) is 19.1 Å². The molecule has 1 aromatic carbocycles. The van der Waals surface area contributed by atoms with E-state index in [1.54, 1.807) is 13.8 Å². The Morgan fingerprint density at radius 3 is 2.59 bits per heavy atom. The van der Waals surface area contributed by atoms with E-state index in [-0.39, 0.29) is 17.4 Å². The third-order valence-electron chi connectivity index (χ3n) is 2.26. The standard InChI is InChI=1S/C12H14F2O2S/c1-7(6-15)17-8(2)12(16)10-4-3-9(13)5-11(10)14/h3-5,7-8,15H,6H2,1-2H3. The van der Waals surface area contributed by atoms with Crippen molar-refractivity contribution < 1.29 is 18.7 Å². The van der Waals surface area contributed by atoms with Crippen LogP contribution in [-0.2, 0) is 0 Å². The molecule has 1 aromatic rings. The van der Waals surface area contributed by atoms with Crippen LogP contribution in [-0.4, -0.2) is 28.0 Å². The Balaban J connectivity index is 2.81. The van der Waals surface area contributed by atoms with Crippen molar-refractivity contribution >= 4 is 17.5 Å². The van der Waals surface area contributed by atoms with Crippen LogP contribution in [0.4, 0.5) is 8.78 Å². The molecule has 0 spiro atoms. The fourth-order valence-corrected chi connectivity index (χ4v) is 2.40. The zero-order valence-corrected chi connectivity index (χ0v) is 10.4. The first-order chi connectivity index (χ1) is 7.95. The molecule has 0 bridgehead atoms. The summed E-state index contributed by atoms with van der Waals surface area (Å²) >= 11 is 1.26. The molecule has 1 rings (SSSR count). The van der Waals surface area contributed by atoms with E-state index in [1.165, 1.54) is 11.8 Å². The van der Waals surface area contributed by atoms with Gasteiger partial charge in [0.15, 0.2) is 5.78 Å². The minimum atomic E-state index is -0.848. The first kappa shape index (κ1) is 14.1. The number of carbonyl (C=O) groups is 1. The van der Waals surface area contributed by atoms with Gasteiger partial charge in [-0.3, -0.25) is 4.79 Å². The molecular formula is C12H14F2O2S. The molecule has 0 heterocycles. The molecule has 0 aliphatic carbocycles. The minimum absolute atomic E-state index is 0.0474. The van der Waals surface area contributed by atoms with Gasteiger partial charge in [-0.25, -0.2) is 8.78 Å². The molecule has 0 saturated heterocycles. The molecular weight excluding hydrogens is 246 g/mol. The number of hydrogen-bond acceptors (Lipinski definition) is 3. The highest BCUT2D eigenvalue weighted by Crippen LogP contribution is 2.22. The molecule has 2 atom stereocenters. The number of hydrogen-bond donors (Lipinski definition) is 1. The van der Waals surface area contributed by atoms with E-state index in [9.17, 15) is 13.6 Å². The Labute approximate surface area is 103 Å². The van der Waals surface area contributed by atoms with Crippen molar-refractivity contribution in [3.05, 3.63) is 35.4 Å². The van der Waals surface area contributed by atoms with Gasteiger partial charge in [0, 0.05) is 11.3 Å². The van der Waals surface area contributed by atoms with E-state index in [0.29, 0.717) is 6.07 Å². The fourth-order valence-electron chi connectivity index (χ4n) is 1.36. The SMILES string of the molecule is CC(CO)SC(C)C(=O)c1ccc(F)cc1F. The average Bonchev–Trinajstić information content (AvgIpc) is 2.28. The predicted molar refractivity (Wildman–Crippen MR) is 64.3 cm³/mol. The lowest BCUT2D eigenvalue weighted by Gasteiger charge is -2.14. The number of aliphatic hydroxyl groups is 1. The van der Waals surface area contributed by atoms with Gasteiger partial charge in [-0.1, -0.05) is 6.92 Å². The summed E-state index contributed by atoms with van der Waals surface area (Å²) in [4.78, 5) is 11.9. The van der Waals surface area contributed by atoms with E-state index in [4.69, 9.17) is 5.11 Å². The van der Waals surface area contributed by atoms with Gasteiger partial charge in [0.1, 0.15) is 11.6 Å². The zero-order valence-electron chi connectivity index (χ0n) is 9.61. The highest BCUT2D eigenvalue weighted by Gasteiger charge is 2.21. The molecule has 1 N–H and O–H groups in total. The van der Waals surface area contributed by atoms with Gasteiger partial charge in [-0.2, -0.15) is 0 Å². The summed E-state index contributed by atoms with van der Waals surface area (Å²) < 4.78 is 26.0. The van der Waals surface area contributed by atoms with Crippen molar-refractivity contribution in [2.75, 3.05) is 6.61 Å². The second-order valence-electron chi connectivity index (χ2n) is 3.76. The van der Waals surface area contributed by atoms with Crippen molar-refractivity contribution in [3.63, 3.8) is 0 Å². The van der Waals surface area contributed by atoms with Crippen LogP contribution in [0.2, 0.25) is 0 Å². The molecule has 0 radical (unpaired) electrons. The first-order valence-corrected chi connectivity index (χ1v) is 6.15. The Hall–Kier alpha value is -0.940. The van der Waals surface area contributed by atoms with Crippen LogP contribution in [0, 0.1) is 11.6 Å². The lowest BCUT2D eigenvalue weighted by atomic mass is 10.1. The quantitative estimate of drug-likeness (QED) is 0.827. The summed E-state index contributed by atoms with van der Waals surface area (Å²) in [5.41, 5.74) is -0.114. The smallest absolute Gasteiger partial charge is 0.178 e. The maximum atomic E-state index is 13.4. The number of carbonyl (C=O) groups excluding carboxylic acids is 1. The Morgan fingerprint density at radius 2 is 2.06 bits per heavy atom. The summed E-state index contributed by atoms with van der Waals surface area (Å²) in [6.45, 7) is 3.37. The van der Waals surface area contributed by atoms with Gasteiger partial charge in [0.2, 0.25) is 0 Å². The number of rotatable bonds is 5. The lowest BCUT2D eigenvalue weighted by molar-refractivity contribution is 0.0990. The van der Waals surface area contributed by atoms with Crippen molar-refractivity contribution in [3.8, 4) is 0 Å². The number of aliphatic hydroxyl groups excluding tert-OH is 1. The van der Waals surface area contributed by atoms with Gasteiger partial charge >= 0.3 is 0 Å². The van der Waals surface area contributed by atoms with Crippen LogP contribution >= 0.6 is 11.8 Å². The summed E-state index contributed by atoms with van der Waals surface area (Å²) in [7, 11) is 0. The topological polar surface area (TPSA) is 37.3 Å². The van der Waals surface area contributed by atoms with Gasteiger partial charge < -0.3 is 5.11 Å². The lowest BCUT2D eigenvalue weighted by Crippen LogP contribution is -2.19. The average molecular weight is 260 g/mol. The van der Waals surface area contributed by atoms with E-state index in [1.807, 2.05) is 0 Å². The summed E-state index contributed by atoms with van der Waals surface area (Å²) in [6, 6.07) is 2.90. The van der Waals surface area contributed by atoms with Crippen LogP contribution in [0.25, 0.3) is 0 Å². The second kappa shape index (κ2) is 6.12. The number of halogens is 2. The largest absolute Gasteiger partial charge is 0.395 e. The molecule has 2 unspecified atom stereocenters. The van der Waals surface area contributed by atoms with E-state index in [2.05, 4.69) is 0 Å². The zero-order chi connectivity index (χ0) is 13.0. The summed E-state index contributed by atoms with van der Waals surface area (Å²) in [5.74, 6) is -1.95. The normalized spacial score (nSPS) is 14.4. The Bertz CT molecular complexity index is 409. The molecule has 0 aliphatic heterocycles. The summed E-state index contributed by atoms with van der Waals surface area (Å²) in [5, 5.41) is 8.30. The Morgan fingerprint density at radius 1 is 1.41 bits per heavy atom. The molecule has 5 heteroatoms. The van der Waals surface area contributed by atoms with Crippen molar-refractivity contribution in [1.29, 1.82) is 0 Å².